The molecule has 2 saturated heterocycles. The molecule has 2 heterocycles. The molecule has 0 aromatic heterocycles. The number of aliphatic carboxylic acids is 1. The maximum atomic E-state index is 13.7. The van der Waals surface area contributed by atoms with E-state index in [9.17, 15) is 19.5 Å². The van der Waals surface area contributed by atoms with E-state index in [-0.39, 0.29) is 37.7 Å². The highest BCUT2D eigenvalue weighted by molar-refractivity contribution is 5.91. The third-order valence-electron chi connectivity index (χ3n) is 8.64. The number of amides is 2. The normalized spacial score (nSPS) is 23.2. The lowest BCUT2D eigenvalue weighted by Crippen LogP contribution is -2.61. The van der Waals surface area contributed by atoms with Crippen LogP contribution in [-0.4, -0.2) is 72.5 Å². The fourth-order valence-corrected chi connectivity index (χ4v) is 6.44. The van der Waals surface area contributed by atoms with Gasteiger partial charge in [0.15, 0.2) is 0 Å². The lowest BCUT2D eigenvalue weighted by molar-refractivity contribution is -0.141. The molecule has 42 heavy (non-hydrogen) atoms. The maximum absolute atomic E-state index is 13.7. The SMILES string of the molecule is O=C(NC1(C(=O)NCC2CC(C(=O)O)CO2)CCN(Cc2ccccc2)C1)OCC1c2ccccc2-c2ccccc21. The molecular weight excluding hydrogens is 534 g/mol. The summed E-state index contributed by atoms with van der Waals surface area (Å²) >= 11 is 0. The zero-order valence-corrected chi connectivity index (χ0v) is 23.3. The van der Waals surface area contributed by atoms with E-state index in [4.69, 9.17) is 9.47 Å². The van der Waals surface area contributed by atoms with Gasteiger partial charge in [0.1, 0.15) is 12.1 Å². The fraction of sp³-hybridized carbons (Fsp3) is 0.364. The zero-order valence-electron chi connectivity index (χ0n) is 23.3. The van der Waals surface area contributed by atoms with Gasteiger partial charge in [-0.1, -0.05) is 78.9 Å². The van der Waals surface area contributed by atoms with Gasteiger partial charge in [-0.15, -0.1) is 0 Å². The minimum Gasteiger partial charge on any atom is -0.481 e. The number of carbonyl (C=O) groups is 3. The molecule has 3 N–H and O–H groups in total. The third-order valence-corrected chi connectivity index (χ3v) is 8.64. The summed E-state index contributed by atoms with van der Waals surface area (Å²) in [6.07, 6.45) is -0.276. The minimum atomic E-state index is -1.19. The summed E-state index contributed by atoms with van der Waals surface area (Å²) in [5.41, 5.74) is 4.44. The van der Waals surface area contributed by atoms with Crippen LogP contribution in [0.4, 0.5) is 4.79 Å². The Kier molecular flexibility index (Phi) is 7.95. The van der Waals surface area contributed by atoms with Crippen molar-refractivity contribution in [3.8, 4) is 11.1 Å². The Morgan fingerprint density at radius 1 is 0.952 bits per heavy atom. The van der Waals surface area contributed by atoms with Crippen molar-refractivity contribution in [2.45, 2.75) is 36.9 Å². The van der Waals surface area contributed by atoms with E-state index >= 15 is 0 Å². The number of carbonyl (C=O) groups excluding carboxylic acids is 2. The lowest BCUT2D eigenvalue weighted by atomic mass is 9.97. The van der Waals surface area contributed by atoms with Crippen molar-refractivity contribution in [3.63, 3.8) is 0 Å². The van der Waals surface area contributed by atoms with Crippen LogP contribution in [0.15, 0.2) is 78.9 Å². The van der Waals surface area contributed by atoms with Crippen LogP contribution in [-0.2, 0) is 25.6 Å². The van der Waals surface area contributed by atoms with E-state index in [0.29, 0.717) is 32.5 Å². The molecule has 3 unspecified atom stereocenters. The van der Waals surface area contributed by atoms with Gasteiger partial charge in [-0.3, -0.25) is 14.5 Å². The number of nitrogens with one attached hydrogen (secondary N) is 2. The van der Waals surface area contributed by atoms with E-state index in [2.05, 4.69) is 39.8 Å². The number of alkyl carbamates (subject to hydrolysis) is 1. The van der Waals surface area contributed by atoms with Crippen molar-refractivity contribution in [2.24, 2.45) is 5.92 Å². The molecule has 1 aliphatic carbocycles. The number of carboxylic acid groups (broad SMARTS) is 1. The summed E-state index contributed by atoms with van der Waals surface area (Å²) in [7, 11) is 0. The van der Waals surface area contributed by atoms with Crippen LogP contribution in [0, 0.1) is 5.92 Å². The molecule has 0 bridgehead atoms. The van der Waals surface area contributed by atoms with Gasteiger partial charge in [-0.2, -0.15) is 0 Å². The van der Waals surface area contributed by atoms with Gasteiger partial charge in [-0.05, 0) is 40.7 Å². The van der Waals surface area contributed by atoms with Crippen molar-refractivity contribution < 1.29 is 29.0 Å². The van der Waals surface area contributed by atoms with E-state index < -0.39 is 23.5 Å². The number of ether oxygens (including phenoxy) is 2. The van der Waals surface area contributed by atoms with Crippen LogP contribution in [0.25, 0.3) is 11.1 Å². The van der Waals surface area contributed by atoms with E-state index in [0.717, 1.165) is 27.8 Å². The highest BCUT2D eigenvalue weighted by Gasteiger charge is 2.47. The molecule has 3 aromatic carbocycles. The second-order valence-electron chi connectivity index (χ2n) is 11.4. The molecule has 218 valence electrons. The van der Waals surface area contributed by atoms with Crippen molar-refractivity contribution in [3.05, 3.63) is 95.6 Å². The third kappa shape index (κ3) is 5.75. The van der Waals surface area contributed by atoms with Gasteiger partial charge in [0.05, 0.1) is 18.6 Å². The van der Waals surface area contributed by atoms with Crippen LogP contribution in [0.1, 0.15) is 35.4 Å². The minimum absolute atomic E-state index is 0.0900. The van der Waals surface area contributed by atoms with Crippen LogP contribution in [0.3, 0.4) is 0 Å². The molecule has 0 spiro atoms. The van der Waals surface area contributed by atoms with Gasteiger partial charge >= 0.3 is 12.1 Å². The lowest BCUT2D eigenvalue weighted by Gasteiger charge is -2.30. The van der Waals surface area contributed by atoms with Gasteiger partial charge in [-0.25, -0.2) is 4.79 Å². The second-order valence-corrected chi connectivity index (χ2v) is 11.4. The largest absolute Gasteiger partial charge is 0.481 e. The summed E-state index contributed by atoms with van der Waals surface area (Å²) in [5.74, 6) is -1.89. The van der Waals surface area contributed by atoms with Crippen LogP contribution >= 0.6 is 0 Å². The van der Waals surface area contributed by atoms with Gasteiger partial charge in [0, 0.05) is 32.1 Å². The predicted octanol–water partition coefficient (Wildman–Crippen LogP) is 3.78. The Bertz CT molecular complexity index is 1420. The quantitative estimate of drug-likeness (QED) is 0.359. The first-order chi connectivity index (χ1) is 20.4. The summed E-state index contributed by atoms with van der Waals surface area (Å²) in [6.45, 7) is 2.04. The molecule has 2 fully saturated rings. The van der Waals surface area contributed by atoms with Crippen molar-refractivity contribution >= 4 is 18.0 Å². The number of likely N-dealkylation sites (tertiary alicyclic amines) is 1. The first kappa shape index (κ1) is 27.9. The maximum Gasteiger partial charge on any atom is 0.408 e. The summed E-state index contributed by atoms with van der Waals surface area (Å²) in [6, 6.07) is 26.3. The smallest absolute Gasteiger partial charge is 0.408 e. The molecule has 2 amide bonds. The van der Waals surface area contributed by atoms with E-state index in [1.165, 1.54) is 0 Å². The molecule has 3 atom stereocenters. The standard InChI is InChI=1S/C33H35N3O6/c37-30(38)23-16-24(41-19-23)17-34-31(39)33(14-15-36(21-33)18-22-8-2-1-3-9-22)35-32(40)42-20-29-27-12-6-4-10-25(27)26-11-5-7-13-28(26)29/h1-13,23-24,29H,14-21H2,(H,34,39)(H,35,40)(H,37,38). The van der Waals surface area contributed by atoms with Crippen LogP contribution in [0.5, 0.6) is 0 Å². The van der Waals surface area contributed by atoms with Crippen LogP contribution < -0.4 is 10.6 Å². The van der Waals surface area contributed by atoms with Crippen molar-refractivity contribution in [1.29, 1.82) is 0 Å². The van der Waals surface area contributed by atoms with E-state index in [1.54, 1.807) is 0 Å². The molecule has 3 aromatic rings. The topological polar surface area (TPSA) is 117 Å². The average molecular weight is 570 g/mol. The van der Waals surface area contributed by atoms with Crippen molar-refractivity contribution in [1.82, 2.24) is 15.5 Å². The Morgan fingerprint density at radius 2 is 1.62 bits per heavy atom. The van der Waals surface area contributed by atoms with Crippen LogP contribution in [0.2, 0.25) is 0 Å². The Labute approximate surface area is 244 Å². The zero-order chi connectivity index (χ0) is 29.1. The monoisotopic (exact) mass is 569 g/mol. The predicted molar refractivity (Wildman–Crippen MR) is 156 cm³/mol. The highest BCUT2D eigenvalue weighted by Crippen LogP contribution is 2.44. The first-order valence-electron chi connectivity index (χ1n) is 14.4. The number of benzene rings is 3. The summed E-state index contributed by atoms with van der Waals surface area (Å²) in [5, 5.41) is 15.1. The molecule has 6 rings (SSSR count). The fourth-order valence-electron chi connectivity index (χ4n) is 6.44. The van der Waals surface area contributed by atoms with Gasteiger partial charge in [0.2, 0.25) is 5.91 Å². The number of carboxylic acids is 1. The Hall–Kier alpha value is -4.21. The molecule has 9 heteroatoms. The molecular formula is C33H35N3O6. The van der Waals surface area contributed by atoms with E-state index in [1.807, 2.05) is 54.6 Å². The summed E-state index contributed by atoms with van der Waals surface area (Å²) in [4.78, 5) is 40.4. The number of nitrogens with zero attached hydrogens (tertiary/aromatic N) is 1. The molecule has 0 saturated carbocycles. The van der Waals surface area contributed by atoms with Gasteiger partial charge < -0.3 is 25.2 Å². The number of hydrogen-bond donors (Lipinski definition) is 3. The summed E-state index contributed by atoms with van der Waals surface area (Å²) < 4.78 is 11.4. The van der Waals surface area contributed by atoms with Gasteiger partial charge in [0.25, 0.3) is 0 Å². The molecule has 3 aliphatic rings. The molecule has 2 aliphatic heterocycles. The Balaban J connectivity index is 1.14. The number of rotatable bonds is 9. The Morgan fingerprint density at radius 3 is 2.29 bits per heavy atom. The molecule has 9 nitrogen and oxygen atoms in total. The number of fused-ring (bicyclic) bond motifs is 3. The first-order valence-corrected chi connectivity index (χ1v) is 14.4. The number of hydrogen-bond acceptors (Lipinski definition) is 6. The highest BCUT2D eigenvalue weighted by atomic mass is 16.5. The van der Waals surface area contributed by atoms with Crippen molar-refractivity contribution in [2.75, 3.05) is 32.8 Å². The molecule has 0 radical (unpaired) electrons. The average Bonchev–Trinajstić information content (AvgIpc) is 3.72. The second kappa shape index (κ2) is 12.0.